The molecule has 1 heterocycles. The van der Waals surface area contributed by atoms with E-state index < -0.39 is 0 Å². The number of rotatable bonds is 0. The molecule has 0 aromatic carbocycles. The molecule has 46 valence electrons. The number of aromatic nitrogens is 1. The van der Waals surface area contributed by atoms with Crippen LogP contribution in [0.15, 0.2) is 24.5 Å². The molecule has 8 heavy (non-hydrogen) atoms. The van der Waals surface area contributed by atoms with Gasteiger partial charge < -0.3 is 0 Å². The van der Waals surface area contributed by atoms with E-state index >= 15 is 0 Å². The molecule has 0 spiro atoms. The minimum absolute atomic E-state index is 0. The fourth-order valence-electron chi connectivity index (χ4n) is 0.426. The molecule has 1 aromatic rings. The van der Waals surface area contributed by atoms with E-state index in [2.05, 4.69) is 4.98 Å². The third-order valence-electron chi connectivity index (χ3n) is 0.847. The average molecular weight is 288 g/mol. The first-order chi connectivity index (χ1) is 3.39. The van der Waals surface area contributed by atoms with Crippen molar-refractivity contribution < 1.29 is 21.1 Å². The molecule has 1 nitrogen and oxygen atoms in total. The predicted octanol–water partition coefficient (Wildman–Crippen LogP) is 1.39. The van der Waals surface area contributed by atoms with Crippen LogP contribution in [0.5, 0.6) is 0 Å². The van der Waals surface area contributed by atoms with E-state index in [0.29, 0.717) is 0 Å². The van der Waals surface area contributed by atoms with Crippen LogP contribution in [0.25, 0.3) is 0 Å². The maximum absolute atomic E-state index is 3.85. The Labute approximate surface area is 63.4 Å². The summed E-state index contributed by atoms with van der Waals surface area (Å²) >= 11 is 0. The van der Waals surface area contributed by atoms with Gasteiger partial charge in [0.05, 0.1) is 0 Å². The summed E-state index contributed by atoms with van der Waals surface area (Å²) in [5.41, 5.74) is 1.26. The van der Waals surface area contributed by atoms with E-state index in [1.165, 1.54) is 5.56 Å². The van der Waals surface area contributed by atoms with Crippen LogP contribution in [0.2, 0.25) is 0 Å². The molecule has 0 aliphatic carbocycles. The van der Waals surface area contributed by atoms with Gasteiger partial charge in [0.1, 0.15) is 0 Å². The summed E-state index contributed by atoms with van der Waals surface area (Å²) in [7, 11) is 0. The zero-order valence-corrected chi connectivity index (χ0v) is 6.85. The molecule has 0 radical (unpaired) electrons. The summed E-state index contributed by atoms with van der Waals surface area (Å²) < 4.78 is 0. The summed E-state index contributed by atoms with van der Waals surface area (Å²) in [5, 5.41) is 0. The average Bonchev–Trinajstić information content (AvgIpc) is 1.69. The van der Waals surface area contributed by atoms with E-state index in [9.17, 15) is 0 Å². The smallest absolute Gasteiger partial charge is 0.0270 e. The van der Waals surface area contributed by atoms with Crippen LogP contribution in [0.4, 0.5) is 0 Å². The van der Waals surface area contributed by atoms with Gasteiger partial charge in [0.15, 0.2) is 0 Å². The zero-order chi connectivity index (χ0) is 5.11. The Bertz CT molecular complexity index is 138. The van der Waals surface area contributed by atoms with Crippen LogP contribution in [0, 0.1) is 6.92 Å². The molecule has 1 aromatic heterocycles. The first-order valence-electron chi connectivity index (χ1n) is 2.26. The minimum Gasteiger partial charge on any atom is -0.265 e. The van der Waals surface area contributed by atoms with Crippen LogP contribution < -0.4 is 0 Å². The quantitative estimate of drug-likeness (QED) is 0.703. The largest absolute Gasteiger partial charge is 0.265 e. The molecule has 0 saturated heterocycles. The van der Waals surface area contributed by atoms with E-state index in [1.54, 1.807) is 12.4 Å². The standard InChI is InChI=1S/C6H7N.Pt/c1-6-2-4-7-5-3-6;/h2-5H,1H3;. The van der Waals surface area contributed by atoms with Gasteiger partial charge in [-0.25, -0.2) is 0 Å². The zero-order valence-electron chi connectivity index (χ0n) is 4.57. The third-order valence-corrected chi connectivity index (χ3v) is 0.847. The molecular weight excluding hydrogens is 281 g/mol. The van der Waals surface area contributed by atoms with E-state index in [0.717, 1.165) is 0 Å². The molecule has 0 N–H and O–H groups in total. The van der Waals surface area contributed by atoms with Gasteiger partial charge in [-0.05, 0) is 24.6 Å². The van der Waals surface area contributed by atoms with Gasteiger partial charge in [-0.3, -0.25) is 4.98 Å². The predicted molar refractivity (Wildman–Crippen MR) is 29.0 cm³/mol. The van der Waals surface area contributed by atoms with Crippen molar-refractivity contribution in [2.45, 2.75) is 6.92 Å². The van der Waals surface area contributed by atoms with E-state index in [4.69, 9.17) is 0 Å². The molecule has 1 rings (SSSR count). The molecule has 0 saturated carbocycles. The summed E-state index contributed by atoms with van der Waals surface area (Å²) in [6.45, 7) is 2.04. The van der Waals surface area contributed by atoms with Crippen molar-refractivity contribution in [2.75, 3.05) is 0 Å². The first-order valence-corrected chi connectivity index (χ1v) is 2.26. The molecule has 0 atom stereocenters. The maximum Gasteiger partial charge on any atom is 0.0270 e. The number of hydrogen-bond acceptors (Lipinski definition) is 1. The molecule has 0 bridgehead atoms. The van der Waals surface area contributed by atoms with Crippen molar-refractivity contribution in [3.8, 4) is 0 Å². The Kier molecular flexibility index (Phi) is 3.72. The van der Waals surface area contributed by atoms with Gasteiger partial charge in [0.25, 0.3) is 0 Å². The summed E-state index contributed by atoms with van der Waals surface area (Å²) in [6, 6.07) is 3.94. The first kappa shape index (κ1) is 7.84. The Morgan fingerprint density at radius 2 is 1.75 bits per heavy atom. The molecule has 0 unspecified atom stereocenters. The summed E-state index contributed by atoms with van der Waals surface area (Å²) in [6.07, 6.45) is 3.57. The number of hydrogen-bond donors (Lipinski definition) is 0. The van der Waals surface area contributed by atoms with Gasteiger partial charge in [-0.1, -0.05) is 0 Å². The normalized spacial score (nSPS) is 7.62. The van der Waals surface area contributed by atoms with Crippen molar-refractivity contribution in [3.05, 3.63) is 30.1 Å². The van der Waals surface area contributed by atoms with Gasteiger partial charge in [0.2, 0.25) is 0 Å². The molecule has 0 amide bonds. The van der Waals surface area contributed by atoms with E-state index in [1.807, 2.05) is 19.1 Å². The van der Waals surface area contributed by atoms with Crippen LogP contribution in [0.3, 0.4) is 0 Å². The fourth-order valence-corrected chi connectivity index (χ4v) is 0.426. The van der Waals surface area contributed by atoms with Crippen molar-refractivity contribution >= 4 is 0 Å². The molecule has 0 aliphatic rings. The number of nitrogens with zero attached hydrogens (tertiary/aromatic N) is 1. The molecule has 0 aliphatic heterocycles. The Balaban J connectivity index is 0.000000490. The molecular formula is C6H7NPt. The SMILES string of the molecule is Cc1ccncc1.[Pt]. The van der Waals surface area contributed by atoms with Crippen molar-refractivity contribution in [3.63, 3.8) is 0 Å². The third kappa shape index (κ3) is 2.22. The number of aryl methyl sites for hydroxylation is 1. The second-order valence-electron chi connectivity index (χ2n) is 1.52. The Morgan fingerprint density at radius 3 is 2.00 bits per heavy atom. The van der Waals surface area contributed by atoms with Crippen LogP contribution in [-0.2, 0) is 21.1 Å². The van der Waals surface area contributed by atoms with Crippen LogP contribution in [-0.4, -0.2) is 4.98 Å². The van der Waals surface area contributed by atoms with Gasteiger partial charge in [-0.15, -0.1) is 0 Å². The van der Waals surface area contributed by atoms with Gasteiger partial charge >= 0.3 is 0 Å². The second-order valence-corrected chi connectivity index (χ2v) is 1.52. The Morgan fingerprint density at radius 1 is 1.25 bits per heavy atom. The minimum atomic E-state index is 0. The van der Waals surface area contributed by atoms with Gasteiger partial charge in [0, 0.05) is 33.5 Å². The molecule has 0 fully saturated rings. The second kappa shape index (κ2) is 3.79. The van der Waals surface area contributed by atoms with Crippen molar-refractivity contribution in [1.29, 1.82) is 0 Å². The number of pyridine rings is 1. The van der Waals surface area contributed by atoms with Gasteiger partial charge in [-0.2, -0.15) is 0 Å². The Hall–Kier alpha value is -0.162. The van der Waals surface area contributed by atoms with Crippen LogP contribution >= 0.6 is 0 Å². The van der Waals surface area contributed by atoms with Crippen molar-refractivity contribution in [1.82, 2.24) is 4.98 Å². The molecule has 2 heteroatoms. The summed E-state index contributed by atoms with van der Waals surface area (Å²) in [5.74, 6) is 0. The van der Waals surface area contributed by atoms with Crippen LogP contribution in [0.1, 0.15) is 5.56 Å². The van der Waals surface area contributed by atoms with E-state index in [-0.39, 0.29) is 21.1 Å². The van der Waals surface area contributed by atoms with Crippen molar-refractivity contribution in [2.24, 2.45) is 0 Å². The topological polar surface area (TPSA) is 12.9 Å². The summed E-state index contributed by atoms with van der Waals surface area (Å²) in [4.78, 5) is 3.85. The fraction of sp³-hybridized carbons (Fsp3) is 0.167. The maximum atomic E-state index is 3.85. The monoisotopic (exact) mass is 288 g/mol.